The number of rotatable bonds is 9. The quantitative estimate of drug-likeness (QED) is 0.521. The Morgan fingerprint density at radius 3 is 2.27 bits per heavy atom. The number of fused-ring (bicyclic) bond motifs is 1. The average molecular weight is 407 g/mol. The highest BCUT2D eigenvalue weighted by Crippen LogP contribution is 2.30. The van der Waals surface area contributed by atoms with Crippen LogP contribution in [0.4, 0.5) is 0 Å². The molecule has 2 N–H and O–H groups in total. The number of ether oxygens (including phenoxy) is 2. The number of aliphatic carboxylic acids is 1. The molecule has 1 atom stereocenters. The van der Waals surface area contributed by atoms with Crippen LogP contribution in [0.5, 0.6) is 11.5 Å². The Bertz CT molecular complexity index is 1020. The standard InChI is InChI=1S/C24H25NO5/c1-16(2)21(24(27)28)25-23(26)20-13-12-17-8-6-7-11-19(17)22(20)30-15-14-29-18-9-4-3-5-10-18/h3-13,16,21H,14-15H2,1-2H3,(H,25,26)(H,27,28). The molecule has 0 saturated carbocycles. The zero-order chi connectivity index (χ0) is 21.5. The first kappa shape index (κ1) is 21.2. The van der Waals surface area contributed by atoms with Gasteiger partial charge in [-0.2, -0.15) is 0 Å². The van der Waals surface area contributed by atoms with Gasteiger partial charge in [-0.1, -0.05) is 62.4 Å². The SMILES string of the molecule is CC(C)C(NC(=O)c1ccc2ccccc2c1OCCOc1ccccc1)C(=O)O. The van der Waals surface area contributed by atoms with Crippen molar-refractivity contribution >= 4 is 22.6 Å². The van der Waals surface area contributed by atoms with Gasteiger partial charge in [0.1, 0.15) is 30.8 Å². The van der Waals surface area contributed by atoms with Crippen LogP contribution in [0.3, 0.4) is 0 Å². The lowest BCUT2D eigenvalue weighted by Crippen LogP contribution is -2.44. The maximum atomic E-state index is 12.9. The van der Waals surface area contributed by atoms with Gasteiger partial charge in [-0.05, 0) is 29.5 Å². The molecule has 0 aromatic heterocycles. The van der Waals surface area contributed by atoms with E-state index in [4.69, 9.17) is 9.47 Å². The van der Waals surface area contributed by atoms with E-state index in [9.17, 15) is 14.7 Å². The molecule has 1 unspecified atom stereocenters. The first-order valence-electron chi connectivity index (χ1n) is 9.83. The Kier molecular flexibility index (Phi) is 6.91. The Hall–Kier alpha value is -3.54. The van der Waals surface area contributed by atoms with Crippen LogP contribution in [0, 0.1) is 5.92 Å². The molecule has 156 valence electrons. The van der Waals surface area contributed by atoms with Crippen molar-refractivity contribution in [2.75, 3.05) is 13.2 Å². The molecule has 30 heavy (non-hydrogen) atoms. The molecule has 0 aliphatic rings. The number of amides is 1. The van der Waals surface area contributed by atoms with E-state index in [0.29, 0.717) is 17.9 Å². The highest BCUT2D eigenvalue weighted by Gasteiger charge is 2.26. The topological polar surface area (TPSA) is 84.9 Å². The average Bonchev–Trinajstić information content (AvgIpc) is 2.75. The van der Waals surface area contributed by atoms with Crippen LogP contribution in [0.2, 0.25) is 0 Å². The first-order valence-corrected chi connectivity index (χ1v) is 9.83. The summed E-state index contributed by atoms with van der Waals surface area (Å²) < 4.78 is 11.6. The fraction of sp³-hybridized carbons (Fsp3) is 0.250. The summed E-state index contributed by atoms with van der Waals surface area (Å²) >= 11 is 0. The van der Waals surface area contributed by atoms with E-state index in [0.717, 1.165) is 16.5 Å². The van der Waals surface area contributed by atoms with E-state index in [1.807, 2.05) is 60.7 Å². The predicted molar refractivity (Wildman–Crippen MR) is 115 cm³/mol. The van der Waals surface area contributed by atoms with Gasteiger partial charge in [-0.15, -0.1) is 0 Å². The number of carbonyl (C=O) groups excluding carboxylic acids is 1. The summed E-state index contributed by atoms with van der Waals surface area (Å²) in [7, 11) is 0. The van der Waals surface area contributed by atoms with Crippen LogP contribution in [-0.2, 0) is 4.79 Å². The van der Waals surface area contributed by atoms with Gasteiger partial charge in [0.05, 0.1) is 5.56 Å². The molecule has 6 nitrogen and oxygen atoms in total. The van der Waals surface area contributed by atoms with Crippen LogP contribution in [-0.4, -0.2) is 36.2 Å². The Balaban J connectivity index is 1.81. The molecule has 0 heterocycles. The fourth-order valence-corrected chi connectivity index (χ4v) is 3.13. The van der Waals surface area contributed by atoms with Gasteiger partial charge in [0, 0.05) is 5.39 Å². The molecule has 1 amide bonds. The smallest absolute Gasteiger partial charge is 0.326 e. The minimum absolute atomic E-state index is 0.232. The van der Waals surface area contributed by atoms with Crippen LogP contribution < -0.4 is 14.8 Å². The summed E-state index contributed by atoms with van der Waals surface area (Å²) in [4.78, 5) is 24.4. The van der Waals surface area contributed by atoms with E-state index in [1.165, 1.54) is 0 Å². The van der Waals surface area contributed by atoms with Crippen molar-refractivity contribution in [1.29, 1.82) is 0 Å². The number of hydrogen-bond donors (Lipinski definition) is 2. The summed E-state index contributed by atoms with van der Waals surface area (Å²) in [5.74, 6) is -0.664. The lowest BCUT2D eigenvalue weighted by Gasteiger charge is -2.20. The minimum atomic E-state index is -1.07. The van der Waals surface area contributed by atoms with E-state index in [-0.39, 0.29) is 12.5 Å². The highest BCUT2D eigenvalue weighted by atomic mass is 16.5. The molecule has 6 heteroatoms. The number of benzene rings is 3. The van der Waals surface area contributed by atoms with E-state index < -0.39 is 17.9 Å². The molecule has 3 rings (SSSR count). The number of carboxylic acids is 1. The summed E-state index contributed by atoms with van der Waals surface area (Å²) in [6.07, 6.45) is 0. The molecule has 0 saturated heterocycles. The van der Waals surface area contributed by atoms with Crippen molar-refractivity contribution in [3.8, 4) is 11.5 Å². The van der Waals surface area contributed by atoms with Crippen LogP contribution in [0.1, 0.15) is 24.2 Å². The second-order valence-corrected chi connectivity index (χ2v) is 7.21. The van der Waals surface area contributed by atoms with Gasteiger partial charge in [0.25, 0.3) is 5.91 Å². The lowest BCUT2D eigenvalue weighted by atomic mass is 10.0. The van der Waals surface area contributed by atoms with E-state index in [2.05, 4.69) is 5.32 Å². The van der Waals surface area contributed by atoms with Crippen molar-refractivity contribution in [2.24, 2.45) is 5.92 Å². The van der Waals surface area contributed by atoms with Gasteiger partial charge in [0.15, 0.2) is 0 Å². The third-order valence-electron chi connectivity index (χ3n) is 4.69. The third kappa shape index (κ3) is 5.08. The number of para-hydroxylation sites is 1. The number of carboxylic acid groups (broad SMARTS) is 1. The van der Waals surface area contributed by atoms with Crippen molar-refractivity contribution in [2.45, 2.75) is 19.9 Å². The maximum absolute atomic E-state index is 12.9. The number of nitrogens with one attached hydrogen (secondary N) is 1. The van der Waals surface area contributed by atoms with Crippen LogP contribution >= 0.6 is 0 Å². The normalized spacial score (nSPS) is 11.8. The predicted octanol–water partition coefficient (Wildman–Crippen LogP) is 4.14. The molecule has 3 aromatic rings. The van der Waals surface area contributed by atoms with Gasteiger partial charge < -0.3 is 19.9 Å². The second kappa shape index (κ2) is 9.78. The van der Waals surface area contributed by atoms with E-state index in [1.54, 1.807) is 19.9 Å². The molecule has 0 aliphatic heterocycles. The Morgan fingerprint density at radius 2 is 1.57 bits per heavy atom. The van der Waals surface area contributed by atoms with Crippen molar-refractivity contribution in [1.82, 2.24) is 5.32 Å². The van der Waals surface area contributed by atoms with Gasteiger partial charge in [-0.25, -0.2) is 4.79 Å². The molecule has 0 aliphatic carbocycles. The highest BCUT2D eigenvalue weighted by molar-refractivity contribution is 6.04. The van der Waals surface area contributed by atoms with E-state index >= 15 is 0 Å². The molecule has 0 bridgehead atoms. The zero-order valence-corrected chi connectivity index (χ0v) is 17.0. The Morgan fingerprint density at radius 1 is 0.900 bits per heavy atom. The van der Waals surface area contributed by atoms with Gasteiger partial charge in [-0.3, -0.25) is 4.79 Å². The van der Waals surface area contributed by atoms with Gasteiger partial charge in [0.2, 0.25) is 0 Å². The van der Waals surface area contributed by atoms with Crippen LogP contribution in [0.15, 0.2) is 66.7 Å². The fourth-order valence-electron chi connectivity index (χ4n) is 3.13. The molecular formula is C24H25NO5. The summed E-state index contributed by atoms with van der Waals surface area (Å²) in [5, 5.41) is 13.7. The molecular weight excluding hydrogens is 382 g/mol. The summed E-state index contributed by atoms with van der Waals surface area (Å²) in [5.41, 5.74) is 0.292. The third-order valence-corrected chi connectivity index (χ3v) is 4.69. The molecule has 0 spiro atoms. The monoisotopic (exact) mass is 407 g/mol. The largest absolute Gasteiger partial charge is 0.490 e. The lowest BCUT2D eigenvalue weighted by molar-refractivity contribution is -0.140. The van der Waals surface area contributed by atoms with Crippen LogP contribution in [0.25, 0.3) is 10.8 Å². The second-order valence-electron chi connectivity index (χ2n) is 7.21. The number of hydrogen-bond acceptors (Lipinski definition) is 4. The van der Waals surface area contributed by atoms with Crippen molar-refractivity contribution in [3.63, 3.8) is 0 Å². The molecule has 3 aromatic carbocycles. The Labute approximate surface area is 175 Å². The number of carbonyl (C=O) groups is 2. The zero-order valence-electron chi connectivity index (χ0n) is 17.0. The molecule has 0 fully saturated rings. The summed E-state index contributed by atoms with van der Waals surface area (Å²) in [6.45, 7) is 4.03. The van der Waals surface area contributed by atoms with Crippen molar-refractivity contribution in [3.05, 3.63) is 72.3 Å². The van der Waals surface area contributed by atoms with Gasteiger partial charge >= 0.3 is 5.97 Å². The minimum Gasteiger partial charge on any atom is -0.490 e. The first-order chi connectivity index (χ1) is 14.5. The maximum Gasteiger partial charge on any atom is 0.326 e. The van der Waals surface area contributed by atoms with Crippen molar-refractivity contribution < 1.29 is 24.2 Å². The molecule has 0 radical (unpaired) electrons. The summed E-state index contributed by atoms with van der Waals surface area (Å²) in [6, 6.07) is 19.5.